The topological polar surface area (TPSA) is 126 Å². The number of hydrogen-bond donors (Lipinski definition) is 4. The molecule has 0 bridgehead atoms. The van der Waals surface area contributed by atoms with Gasteiger partial charge in [-0.05, 0) is 38.2 Å². The molecule has 4 N–H and O–H groups in total. The second kappa shape index (κ2) is 20.0. The molecule has 1 heterocycles. The molecular weight excluding hydrogens is 500 g/mol. The van der Waals surface area contributed by atoms with Crippen LogP contribution in [0.1, 0.15) is 102 Å². The number of aliphatic hydroxyl groups excluding tert-OH is 4. The lowest BCUT2D eigenvalue weighted by molar-refractivity contribution is -0.278. The van der Waals surface area contributed by atoms with E-state index in [1.165, 1.54) is 44.9 Å². The van der Waals surface area contributed by atoms with E-state index in [0.29, 0.717) is 5.56 Å². The molecular formula is C31H50O8. The van der Waals surface area contributed by atoms with Gasteiger partial charge in [-0.15, -0.1) is 0 Å². The summed E-state index contributed by atoms with van der Waals surface area (Å²) < 4.78 is 16.6. The molecule has 1 aliphatic rings. The molecule has 0 unspecified atom stereocenters. The number of aliphatic hydroxyl groups is 4. The van der Waals surface area contributed by atoms with Crippen LogP contribution in [0.5, 0.6) is 5.75 Å². The summed E-state index contributed by atoms with van der Waals surface area (Å²) in [7, 11) is 0. The molecule has 222 valence electrons. The smallest absolute Gasteiger partial charge is 0.305 e. The number of para-hydroxylation sites is 1. The second-order valence-corrected chi connectivity index (χ2v) is 10.4. The summed E-state index contributed by atoms with van der Waals surface area (Å²) in [6.45, 7) is 1.70. The normalized spacial score (nSPS) is 23.3. The van der Waals surface area contributed by atoms with Crippen LogP contribution in [0.3, 0.4) is 0 Å². The summed E-state index contributed by atoms with van der Waals surface area (Å²) >= 11 is 0. The largest absolute Gasteiger partial charge is 0.463 e. The molecule has 1 aliphatic heterocycles. The van der Waals surface area contributed by atoms with E-state index in [4.69, 9.17) is 14.2 Å². The van der Waals surface area contributed by atoms with E-state index in [2.05, 4.69) is 19.1 Å². The van der Waals surface area contributed by atoms with E-state index in [1.54, 1.807) is 24.3 Å². The minimum Gasteiger partial charge on any atom is -0.463 e. The zero-order valence-electron chi connectivity index (χ0n) is 23.6. The maximum atomic E-state index is 12.2. The number of carbonyl (C=O) groups excluding carboxylic acids is 1. The van der Waals surface area contributed by atoms with Crippen molar-refractivity contribution in [2.24, 2.45) is 0 Å². The number of hydrogen-bond acceptors (Lipinski definition) is 8. The molecule has 0 aliphatic carbocycles. The lowest BCUT2D eigenvalue weighted by atomic mass is 9.99. The van der Waals surface area contributed by atoms with Crippen molar-refractivity contribution >= 4 is 5.97 Å². The third kappa shape index (κ3) is 12.8. The van der Waals surface area contributed by atoms with Gasteiger partial charge in [-0.3, -0.25) is 4.79 Å². The Morgan fingerprint density at radius 3 is 2.13 bits per heavy atom. The molecule has 1 saturated heterocycles. The first kappa shape index (κ1) is 33.2. The minimum absolute atomic E-state index is 0.267. The summed E-state index contributed by atoms with van der Waals surface area (Å²) in [6, 6.07) is 6.68. The van der Waals surface area contributed by atoms with Crippen LogP contribution >= 0.6 is 0 Å². The first-order valence-corrected chi connectivity index (χ1v) is 14.8. The van der Waals surface area contributed by atoms with Gasteiger partial charge in [0.15, 0.2) is 0 Å². The Kier molecular flexibility index (Phi) is 17.0. The van der Waals surface area contributed by atoms with Gasteiger partial charge in [0.1, 0.15) is 36.8 Å². The van der Waals surface area contributed by atoms with E-state index < -0.39 is 36.7 Å². The molecule has 0 radical (unpaired) electrons. The standard InChI is InChI=1S/C31H50O8/c1-2-3-4-5-6-7-8-9-10-11-12-13-14-15-16-21-27(33)37-23-26-28(34)29(35)30(36)31(39-26)38-25-20-18-17-19-24(25)22-32/h9-10,17-20,26,28-32,34-36H,2-8,11-16,21-23H2,1H3/b10-9-/t26-,28-,29+,30-,31-/m1/s1. The van der Waals surface area contributed by atoms with E-state index in [-0.39, 0.29) is 25.4 Å². The fourth-order valence-corrected chi connectivity index (χ4v) is 4.61. The second-order valence-electron chi connectivity index (χ2n) is 10.4. The third-order valence-corrected chi connectivity index (χ3v) is 7.11. The highest BCUT2D eigenvalue weighted by molar-refractivity contribution is 5.69. The van der Waals surface area contributed by atoms with E-state index >= 15 is 0 Å². The monoisotopic (exact) mass is 550 g/mol. The van der Waals surface area contributed by atoms with Crippen molar-refractivity contribution in [1.29, 1.82) is 0 Å². The Labute approximate surface area is 234 Å². The maximum Gasteiger partial charge on any atom is 0.305 e. The van der Waals surface area contributed by atoms with E-state index in [1.807, 2.05) is 0 Å². The molecule has 2 rings (SSSR count). The van der Waals surface area contributed by atoms with Gasteiger partial charge in [0.2, 0.25) is 6.29 Å². The highest BCUT2D eigenvalue weighted by Crippen LogP contribution is 2.27. The average molecular weight is 551 g/mol. The number of ether oxygens (including phenoxy) is 3. The fraction of sp³-hybridized carbons (Fsp3) is 0.710. The van der Waals surface area contributed by atoms with Crippen LogP contribution in [0.4, 0.5) is 0 Å². The van der Waals surface area contributed by atoms with Crippen molar-refractivity contribution in [3.63, 3.8) is 0 Å². The van der Waals surface area contributed by atoms with Gasteiger partial charge >= 0.3 is 5.97 Å². The highest BCUT2D eigenvalue weighted by atomic mass is 16.7. The Balaban J connectivity index is 1.57. The maximum absolute atomic E-state index is 12.2. The van der Waals surface area contributed by atoms with Crippen molar-refractivity contribution in [3.05, 3.63) is 42.0 Å². The molecule has 8 heteroatoms. The molecule has 8 nitrogen and oxygen atoms in total. The number of carbonyl (C=O) groups is 1. The van der Waals surface area contributed by atoms with Gasteiger partial charge in [0.25, 0.3) is 0 Å². The number of unbranched alkanes of at least 4 members (excludes halogenated alkanes) is 11. The first-order valence-electron chi connectivity index (χ1n) is 14.8. The molecule has 5 atom stereocenters. The van der Waals surface area contributed by atoms with E-state index in [9.17, 15) is 25.2 Å². The van der Waals surface area contributed by atoms with E-state index in [0.717, 1.165) is 38.5 Å². The third-order valence-electron chi connectivity index (χ3n) is 7.11. The average Bonchev–Trinajstić information content (AvgIpc) is 2.95. The zero-order chi connectivity index (χ0) is 28.3. The van der Waals surface area contributed by atoms with Crippen LogP contribution in [0.2, 0.25) is 0 Å². The molecule has 1 aromatic carbocycles. The van der Waals surface area contributed by atoms with Crippen molar-refractivity contribution < 1.29 is 39.4 Å². The SMILES string of the molecule is CCCCCCCC/C=C\CCCCCCCC(=O)OC[C@H]1O[C@@H](Oc2ccccc2CO)[C@H](O)[C@@H](O)[C@@H]1O. The molecule has 0 amide bonds. The van der Waals surface area contributed by atoms with Crippen molar-refractivity contribution in [2.45, 2.75) is 134 Å². The van der Waals surface area contributed by atoms with Crippen LogP contribution in [0.15, 0.2) is 36.4 Å². The van der Waals surface area contributed by atoms with Crippen LogP contribution < -0.4 is 4.74 Å². The van der Waals surface area contributed by atoms with Gasteiger partial charge in [-0.25, -0.2) is 0 Å². The molecule has 39 heavy (non-hydrogen) atoms. The predicted molar refractivity (Wildman–Crippen MR) is 150 cm³/mol. The lowest BCUT2D eigenvalue weighted by Crippen LogP contribution is -2.60. The quantitative estimate of drug-likeness (QED) is 0.102. The van der Waals surface area contributed by atoms with Gasteiger partial charge in [0, 0.05) is 12.0 Å². The lowest BCUT2D eigenvalue weighted by Gasteiger charge is -2.40. The first-order chi connectivity index (χ1) is 19.0. The number of benzene rings is 1. The summed E-state index contributed by atoms with van der Waals surface area (Å²) in [4.78, 5) is 12.2. The molecule has 0 saturated carbocycles. The van der Waals surface area contributed by atoms with Crippen LogP contribution in [0.25, 0.3) is 0 Å². The fourth-order valence-electron chi connectivity index (χ4n) is 4.61. The van der Waals surface area contributed by atoms with Gasteiger partial charge in [-0.1, -0.05) is 88.6 Å². The predicted octanol–water partition coefficient (Wildman–Crippen LogP) is 4.95. The number of allylic oxidation sites excluding steroid dienone is 2. The van der Waals surface area contributed by atoms with Gasteiger partial charge in [0.05, 0.1) is 6.61 Å². The van der Waals surface area contributed by atoms with Crippen molar-refractivity contribution in [2.75, 3.05) is 6.61 Å². The van der Waals surface area contributed by atoms with Crippen LogP contribution in [0, 0.1) is 0 Å². The summed E-state index contributed by atoms with van der Waals surface area (Å²) in [5.74, 6) is -0.111. The molecule has 0 aromatic heterocycles. The summed E-state index contributed by atoms with van der Waals surface area (Å²) in [6.07, 6.45) is 13.3. The Hall–Kier alpha value is -1.97. The van der Waals surface area contributed by atoms with Crippen LogP contribution in [-0.4, -0.2) is 63.7 Å². The Bertz CT molecular complexity index is 814. The van der Waals surface area contributed by atoms with Gasteiger partial charge < -0.3 is 34.6 Å². The highest BCUT2D eigenvalue weighted by Gasteiger charge is 2.45. The summed E-state index contributed by atoms with van der Waals surface area (Å²) in [5, 5.41) is 40.3. The number of esters is 1. The summed E-state index contributed by atoms with van der Waals surface area (Å²) in [5.41, 5.74) is 0.483. The molecule has 1 fully saturated rings. The molecule has 1 aromatic rings. The Morgan fingerprint density at radius 1 is 0.846 bits per heavy atom. The Morgan fingerprint density at radius 2 is 1.46 bits per heavy atom. The van der Waals surface area contributed by atoms with Crippen molar-refractivity contribution in [1.82, 2.24) is 0 Å². The zero-order valence-corrected chi connectivity index (χ0v) is 23.6. The van der Waals surface area contributed by atoms with Crippen molar-refractivity contribution in [3.8, 4) is 5.75 Å². The number of rotatable bonds is 20. The molecule has 0 spiro atoms. The van der Waals surface area contributed by atoms with Gasteiger partial charge in [-0.2, -0.15) is 0 Å². The van der Waals surface area contributed by atoms with Crippen LogP contribution in [-0.2, 0) is 20.9 Å². The minimum atomic E-state index is -1.54.